The highest BCUT2D eigenvalue weighted by Crippen LogP contribution is 2.24. The van der Waals surface area contributed by atoms with Crippen LogP contribution < -0.4 is 0 Å². The van der Waals surface area contributed by atoms with Crippen molar-refractivity contribution in [1.29, 1.82) is 0 Å². The van der Waals surface area contributed by atoms with Crippen molar-refractivity contribution in [3.63, 3.8) is 0 Å². The third kappa shape index (κ3) is 3.45. The Labute approximate surface area is 126 Å². The maximum atomic E-state index is 13.9. The van der Waals surface area contributed by atoms with Crippen molar-refractivity contribution in [2.45, 2.75) is 38.6 Å². The Kier molecular flexibility index (Phi) is 4.91. The highest BCUT2D eigenvalue weighted by atomic mass is 79.9. The fraction of sp³-hybridized carbons (Fsp3) is 0.467. The Balaban J connectivity index is 2.22. The van der Waals surface area contributed by atoms with Gasteiger partial charge < -0.3 is 4.90 Å². The van der Waals surface area contributed by atoms with Crippen molar-refractivity contribution in [3.8, 4) is 0 Å². The Bertz CT molecular complexity index is 533. The molecule has 5 heteroatoms. The predicted molar refractivity (Wildman–Crippen MR) is 78.1 cm³/mol. The van der Waals surface area contributed by atoms with Crippen LogP contribution in [0.4, 0.5) is 4.39 Å². The van der Waals surface area contributed by atoms with Crippen molar-refractivity contribution in [3.05, 3.63) is 34.1 Å². The molecule has 1 aliphatic heterocycles. The van der Waals surface area contributed by atoms with Gasteiger partial charge in [0.2, 0.25) is 0 Å². The Hall–Kier alpha value is -1.23. The summed E-state index contributed by atoms with van der Waals surface area (Å²) in [5.41, 5.74) is 0.0728. The molecule has 0 aromatic heterocycles. The largest absolute Gasteiger partial charge is 0.335 e. The fourth-order valence-electron chi connectivity index (χ4n) is 2.63. The number of hydrogen-bond acceptors (Lipinski definition) is 2. The van der Waals surface area contributed by atoms with Gasteiger partial charge in [-0.05, 0) is 44.4 Å². The van der Waals surface area contributed by atoms with Crippen molar-refractivity contribution in [1.82, 2.24) is 4.90 Å². The van der Waals surface area contributed by atoms with Crippen molar-refractivity contribution in [2.24, 2.45) is 0 Å². The third-order valence-corrected chi connectivity index (χ3v) is 4.07. The summed E-state index contributed by atoms with van der Waals surface area (Å²) in [6, 6.07) is 4.33. The SMILES string of the molecule is CC(=O)CC1CCCCN1C(=O)c1ccc(Br)cc1F. The van der Waals surface area contributed by atoms with E-state index in [1.807, 2.05) is 0 Å². The maximum Gasteiger partial charge on any atom is 0.257 e. The van der Waals surface area contributed by atoms with E-state index in [1.165, 1.54) is 19.1 Å². The van der Waals surface area contributed by atoms with Gasteiger partial charge in [-0.1, -0.05) is 15.9 Å². The number of halogens is 2. The van der Waals surface area contributed by atoms with Crippen LogP contribution in [0.5, 0.6) is 0 Å². The molecule has 0 spiro atoms. The zero-order valence-electron chi connectivity index (χ0n) is 11.4. The Morgan fingerprint density at radius 2 is 2.15 bits per heavy atom. The summed E-state index contributed by atoms with van der Waals surface area (Å²) in [6.45, 7) is 2.11. The van der Waals surface area contributed by atoms with E-state index in [-0.39, 0.29) is 23.3 Å². The van der Waals surface area contributed by atoms with E-state index >= 15 is 0 Å². The Morgan fingerprint density at radius 1 is 1.40 bits per heavy atom. The molecular formula is C15H17BrFNO2. The predicted octanol–water partition coefficient (Wildman–Crippen LogP) is 3.56. The molecule has 1 aromatic rings. The fourth-order valence-corrected chi connectivity index (χ4v) is 2.96. The molecule has 0 bridgehead atoms. The number of carbonyl (C=O) groups excluding carboxylic acids is 2. The molecule has 20 heavy (non-hydrogen) atoms. The lowest BCUT2D eigenvalue weighted by Gasteiger charge is -2.35. The number of rotatable bonds is 3. The summed E-state index contributed by atoms with van der Waals surface area (Å²) < 4.78 is 14.5. The number of carbonyl (C=O) groups is 2. The second-order valence-corrected chi connectivity index (χ2v) is 6.09. The number of hydrogen-bond donors (Lipinski definition) is 0. The molecule has 0 radical (unpaired) electrons. The van der Waals surface area contributed by atoms with E-state index in [0.29, 0.717) is 17.4 Å². The molecular weight excluding hydrogens is 325 g/mol. The first-order chi connectivity index (χ1) is 9.49. The number of nitrogens with zero attached hydrogens (tertiary/aromatic N) is 1. The molecule has 1 saturated heterocycles. The molecule has 0 saturated carbocycles. The van der Waals surface area contributed by atoms with Gasteiger partial charge in [-0.25, -0.2) is 4.39 Å². The number of likely N-dealkylation sites (tertiary alicyclic amines) is 1. The molecule has 2 rings (SSSR count). The second-order valence-electron chi connectivity index (χ2n) is 5.18. The summed E-state index contributed by atoms with van der Waals surface area (Å²) in [6.07, 6.45) is 3.07. The lowest BCUT2D eigenvalue weighted by Crippen LogP contribution is -2.44. The van der Waals surface area contributed by atoms with Gasteiger partial charge in [0.25, 0.3) is 5.91 Å². The zero-order chi connectivity index (χ0) is 14.7. The molecule has 1 heterocycles. The third-order valence-electron chi connectivity index (χ3n) is 3.57. The summed E-state index contributed by atoms with van der Waals surface area (Å²) >= 11 is 3.18. The molecule has 1 fully saturated rings. The van der Waals surface area contributed by atoms with E-state index in [0.717, 1.165) is 19.3 Å². The highest BCUT2D eigenvalue weighted by molar-refractivity contribution is 9.10. The second kappa shape index (κ2) is 6.48. The minimum absolute atomic E-state index is 0.0611. The first-order valence-corrected chi connectivity index (χ1v) is 7.54. The number of amides is 1. The van der Waals surface area contributed by atoms with E-state index in [2.05, 4.69) is 15.9 Å². The van der Waals surface area contributed by atoms with E-state index < -0.39 is 5.82 Å². The molecule has 0 aliphatic carbocycles. The van der Waals surface area contributed by atoms with Crippen molar-refractivity contribution in [2.75, 3.05) is 6.54 Å². The van der Waals surface area contributed by atoms with Crippen LogP contribution in [0.1, 0.15) is 43.0 Å². The summed E-state index contributed by atoms with van der Waals surface area (Å²) in [4.78, 5) is 25.4. The topological polar surface area (TPSA) is 37.4 Å². The number of ketones is 1. The van der Waals surface area contributed by atoms with Gasteiger partial charge in [0.1, 0.15) is 11.6 Å². The molecule has 1 atom stereocenters. The highest BCUT2D eigenvalue weighted by Gasteiger charge is 2.29. The number of benzene rings is 1. The minimum atomic E-state index is -0.531. The normalized spacial score (nSPS) is 18.9. The van der Waals surface area contributed by atoms with E-state index in [4.69, 9.17) is 0 Å². The van der Waals surface area contributed by atoms with Gasteiger partial charge in [-0.2, -0.15) is 0 Å². The first-order valence-electron chi connectivity index (χ1n) is 6.74. The van der Waals surface area contributed by atoms with Gasteiger partial charge in [0, 0.05) is 23.5 Å². The molecule has 0 N–H and O–H groups in total. The van der Waals surface area contributed by atoms with Crippen molar-refractivity contribution < 1.29 is 14.0 Å². The molecule has 1 amide bonds. The molecule has 1 aromatic carbocycles. The van der Waals surface area contributed by atoms with Crippen LogP contribution in [0.2, 0.25) is 0 Å². The van der Waals surface area contributed by atoms with Gasteiger partial charge >= 0.3 is 0 Å². The lowest BCUT2D eigenvalue weighted by molar-refractivity contribution is -0.118. The van der Waals surface area contributed by atoms with Crippen LogP contribution in [0.3, 0.4) is 0 Å². The quantitative estimate of drug-likeness (QED) is 0.842. The molecule has 108 valence electrons. The van der Waals surface area contributed by atoms with Crippen LogP contribution in [0.25, 0.3) is 0 Å². The first kappa shape index (κ1) is 15.2. The Morgan fingerprint density at radius 3 is 2.80 bits per heavy atom. The van der Waals surface area contributed by atoms with E-state index in [1.54, 1.807) is 11.0 Å². The van der Waals surface area contributed by atoms with Crippen LogP contribution in [0, 0.1) is 5.82 Å². The average molecular weight is 342 g/mol. The smallest absolute Gasteiger partial charge is 0.257 e. The summed E-state index contributed by atoms with van der Waals surface area (Å²) in [7, 11) is 0. The number of Topliss-reactive ketones (excluding diaryl/α,β-unsaturated/α-hetero) is 1. The number of piperidine rings is 1. The summed E-state index contributed by atoms with van der Waals surface area (Å²) in [5, 5.41) is 0. The van der Waals surface area contributed by atoms with Crippen molar-refractivity contribution >= 4 is 27.6 Å². The molecule has 3 nitrogen and oxygen atoms in total. The summed E-state index contributed by atoms with van der Waals surface area (Å²) in [5.74, 6) is -0.788. The van der Waals surface area contributed by atoms with E-state index in [9.17, 15) is 14.0 Å². The van der Waals surface area contributed by atoms with Gasteiger partial charge in [-0.3, -0.25) is 9.59 Å². The average Bonchev–Trinajstić information content (AvgIpc) is 2.38. The standard InChI is InChI=1S/C15H17BrFNO2/c1-10(19)8-12-4-2-3-7-18(12)15(20)13-6-5-11(16)9-14(13)17/h5-6,9,12H,2-4,7-8H2,1H3. The van der Waals surface area contributed by atoms with Crippen LogP contribution in [-0.2, 0) is 4.79 Å². The van der Waals surface area contributed by atoms with Crippen LogP contribution in [-0.4, -0.2) is 29.2 Å². The maximum absolute atomic E-state index is 13.9. The van der Waals surface area contributed by atoms with Crippen LogP contribution >= 0.6 is 15.9 Å². The zero-order valence-corrected chi connectivity index (χ0v) is 13.0. The molecule has 1 aliphatic rings. The van der Waals surface area contributed by atoms with Gasteiger partial charge in [-0.15, -0.1) is 0 Å². The van der Waals surface area contributed by atoms with Gasteiger partial charge in [0.05, 0.1) is 5.56 Å². The minimum Gasteiger partial charge on any atom is -0.335 e. The lowest BCUT2D eigenvalue weighted by atomic mass is 9.96. The monoisotopic (exact) mass is 341 g/mol. The molecule has 1 unspecified atom stereocenters. The van der Waals surface area contributed by atoms with Crippen LogP contribution in [0.15, 0.2) is 22.7 Å². The van der Waals surface area contributed by atoms with Gasteiger partial charge in [0.15, 0.2) is 0 Å².